The molecule has 3 nitrogen and oxygen atoms in total. The highest BCUT2D eigenvalue weighted by Gasteiger charge is 1.97. The second-order valence-corrected chi connectivity index (χ2v) is 2.91. The monoisotopic (exact) mass is 184 g/mol. The predicted molar refractivity (Wildman–Crippen MR) is 46.8 cm³/mol. The normalized spacial score (nSPS) is 9.75. The van der Waals surface area contributed by atoms with Crippen LogP contribution in [0.25, 0.3) is 0 Å². The largest absolute Gasteiger partial charge is 0.370 e. The minimum Gasteiger partial charge on any atom is -0.370 e. The van der Waals surface area contributed by atoms with Crippen LogP contribution < -0.4 is 5.73 Å². The van der Waals surface area contributed by atoms with Gasteiger partial charge in [0.15, 0.2) is 0 Å². The molecular formula is C8H9ClN2O. The zero-order chi connectivity index (χ0) is 8.97. The first-order valence-corrected chi connectivity index (χ1v) is 3.94. The van der Waals surface area contributed by atoms with Gasteiger partial charge < -0.3 is 5.73 Å². The summed E-state index contributed by atoms with van der Waals surface area (Å²) in [5.41, 5.74) is 5.92. The maximum absolute atomic E-state index is 10.4. The van der Waals surface area contributed by atoms with Crippen LogP contribution in [0.1, 0.15) is 12.0 Å². The fraction of sp³-hybridized carbons (Fsp3) is 0.250. The van der Waals surface area contributed by atoms with E-state index in [2.05, 4.69) is 4.98 Å². The lowest BCUT2D eigenvalue weighted by atomic mass is 10.1. The van der Waals surface area contributed by atoms with Crippen LogP contribution in [0.4, 0.5) is 0 Å². The average Bonchev–Trinajstić information content (AvgIpc) is 2.01. The quantitative estimate of drug-likeness (QED) is 0.766. The predicted octanol–water partition coefficient (Wildman–Crippen LogP) is 1.15. The summed E-state index contributed by atoms with van der Waals surface area (Å²) in [6.07, 6.45) is 4.16. The van der Waals surface area contributed by atoms with Gasteiger partial charge >= 0.3 is 0 Å². The van der Waals surface area contributed by atoms with Crippen molar-refractivity contribution in [2.45, 2.75) is 12.8 Å². The van der Waals surface area contributed by atoms with Gasteiger partial charge in [-0.25, -0.2) is 0 Å². The number of primary amides is 1. The number of aryl methyl sites for hydroxylation is 1. The number of halogens is 1. The molecule has 1 aromatic heterocycles. The number of rotatable bonds is 3. The molecule has 0 atom stereocenters. The molecule has 0 aromatic carbocycles. The van der Waals surface area contributed by atoms with Crippen molar-refractivity contribution >= 4 is 17.5 Å². The first kappa shape index (κ1) is 9.00. The molecular weight excluding hydrogens is 176 g/mol. The van der Waals surface area contributed by atoms with Crippen LogP contribution in [0.15, 0.2) is 18.5 Å². The van der Waals surface area contributed by atoms with Gasteiger partial charge in [-0.15, -0.1) is 0 Å². The van der Waals surface area contributed by atoms with Crippen LogP contribution in [0.2, 0.25) is 5.02 Å². The molecule has 0 bridgehead atoms. The van der Waals surface area contributed by atoms with E-state index in [4.69, 9.17) is 17.3 Å². The van der Waals surface area contributed by atoms with Crippen molar-refractivity contribution in [2.24, 2.45) is 5.73 Å². The number of nitrogens with two attached hydrogens (primary N) is 1. The van der Waals surface area contributed by atoms with Crippen molar-refractivity contribution < 1.29 is 4.79 Å². The molecule has 0 aliphatic heterocycles. The molecule has 0 saturated heterocycles. The van der Waals surface area contributed by atoms with Gasteiger partial charge in [0.05, 0.1) is 5.02 Å². The molecule has 2 N–H and O–H groups in total. The number of hydrogen-bond donors (Lipinski definition) is 1. The zero-order valence-corrected chi connectivity index (χ0v) is 7.21. The second kappa shape index (κ2) is 4.07. The Labute approximate surface area is 75.6 Å². The Kier molecular flexibility index (Phi) is 3.05. The molecule has 0 spiro atoms. The summed E-state index contributed by atoms with van der Waals surface area (Å²) < 4.78 is 0. The number of hydrogen-bond acceptors (Lipinski definition) is 2. The van der Waals surface area contributed by atoms with Gasteiger partial charge in [-0.3, -0.25) is 9.78 Å². The van der Waals surface area contributed by atoms with Crippen LogP contribution in [0.3, 0.4) is 0 Å². The highest BCUT2D eigenvalue weighted by atomic mass is 35.5. The number of carbonyl (C=O) groups is 1. The number of nitrogens with zero attached hydrogens (tertiary/aromatic N) is 1. The molecule has 12 heavy (non-hydrogen) atoms. The Morgan fingerprint density at radius 2 is 2.33 bits per heavy atom. The van der Waals surface area contributed by atoms with Gasteiger partial charge in [-0.2, -0.15) is 0 Å². The van der Waals surface area contributed by atoms with Crippen molar-refractivity contribution in [2.75, 3.05) is 0 Å². The Bertz CT molecular complexity index is 288. The third kappa shape index (κ3) is 2.88. The van der Waals surface area contributed by atoms with Gasteiger partial charge in [0.2, 0.25) is 5.91 Å². The van der Waals surface area contributed by atoms with Crippen LogP contribution in [-0.4, -0.2) is 10.9 Å². The molecule has 0 fully saturated rings. The molecule has 0 radical (unpaired) electrons. The van der Waals surface area contributed by atoms with E-state index >= 15 is 0 Å². The highest BCUT2D eigenvalue weighted by molar-refractivity contribution is 6.30. The van der Waals surface area contributed by atoms with E-state index in [0.717, 1.165) is 5.56 Å². The van der Waals surface area contributed by atoms with Gasteiger partial charge in [0.25, 0.3) is 0 Å². The maximum Gasteiger partial charge on any atom is 0.217 e. The van der Waals surface area contributed by atoms with Crippen LogP contribution in [0, 0.1) is 0 Å². The number of aromatic nitrogens is 1. The van der Waals surface area contributed by atoms with Gasteiger partial charge in [0.1, 0.15) is 0 Å². The Hall–Kier alpha value is -1.09. The Morgan fingerprint density at radius 1 is 1.58 bits per heavy atom. The summed E-state index contributed by atoms with van der Waals surface area (Å²) in [5.74, 6) is -0.310. The summed E-state index contributed by atoms with van der Waals surface area (Å²) in [7, 11) is 0. The van der Waals surface area contributed by atoms with Crippen LogP contribution >= 0.6 is 11.6 Å². The molecule has 1 aromatic rings. The molecule has 0 aliphatic carbocycles. The lowest BCUT2D eigenvalue weighted by molar-refractivity contribution is -0.117. The van der Waals surface area contributed by atoms with Crippen LogP contribution in [-0.2, 0) is 11.2 Å². The summed E-state index contributed by atoms with van der Waals surface area (Å²) in [6.45, 7) is 0. The van der Waals surface area contributed by atoms with Crippen molar-refractivity contribution in [3.63, 3.8) is 0 Å². The summed E-state index contributed by atoms with van der Waals surface area (Å²) in [4.78, 5) is 14.3. The van der Waals surface area contributed by atoms with Gasteiger partial charge in [-0.1, -0.05) is 11.6 Å². The Morgan fingerprint density at radius 3 is 2.92 bits per heavy atom. The first-order chi connectivity index (χ1) is 5.68. The minimum absolute atomic E-state index is 0.310. The van der Waals surface area contributed by atoms with Gasteiger partial charge in [-0.05, 0) is 18.1 Å². The fourth-order valence-electron chi connectivity index (χ4n) is 0.860. The molecule has 0 aliphatic rings. The molecule has 0 saturated carbocycles. The van der Waals surface area contributed by atoms with E-state index in [0.29, 0.717) is 17.9 Å². The van der Waals surface area contributed by atoms with Crippen molar-refractivity contribution in [1.82, 2.24) is 4.98 Å². The van der Waals surface area contributed by atoms with E-state index in [1.807, 2.05) is 0 Å². The number of carbonyl (C=O) groups excluding carboxylic acids is 1. The summed E-state index contributed by atoms with van der Waals surface area (Å²) in [5, 5.41) is 0.581. The lowest BCUT2D eigenvalue weighted by Crippen LogP contribution is -2.11. The first-order valence-electron chi connectivity index (χ1n) is 3.56. The van der Waals surface area contributed by atoms with Crippen LogP contribution in [0.5, 0.6) is 0 Å². The molecule has 1 rings (SSSR count). The molecule has 4 heteroatoms. The molecule has 1 heterocycles. The van der Waals surface area contributed by atoms with Crippen molar-refractivity contribution in [3.05, 3.63) is 29.0 Å². The van der Waals surface area contributed by atoms with E-state index in [1.54, 1.807) is 18.5 Å². The van der Waals surface area contributed by atoms with Gasteiger partial charge in [0, 0.05) is 18.8 Å². The SMILES string of the molecule is NC(=O)CCc1cncc(Cl)c1. The molecule has 1 amide bonds. The van der Waals surface area contributed by atoms with E-state index < -0.39 is 0 Å². The zero-order valence-electron chi connectivity index (χ0n) is 6.46. The third-order valence-corrected chi connectivity index (χ3v) is 1.63. The Balaban J connectivity index is 2.57. The molecule has 64 valence electrons. The number of pyridine rings is 1. The van der Waals surface area contributed by atoms with E-state index in [-0.39, 0.29) is 5.91 Å². The van der Waals surface area contributed by atoms with Crippen molar-refractivity contribution in [1.29, 1.82) is 0 Å². The van der Waals surface area contributed by atoms with E-state index in [1.165, 1.54) is 0 Å². The summed E-state index contributed by atoms with van der Waals surface area (Å²) >= 11 is 5.68. The highest BCUT2D eigenvalue weighted by Crippen LogP contribution is 2.09. The second-order valence-electron chi connectivity index (χ2n) is 2.48. The standard InChI is InChI=1S/C8H9ClN2O/c9-7-3-6(4-11-5-7)1-2-8(10)12/h3-5H,1-2H2,(H2,10,12). The smallest absolute Gasteiger partial charge is 0.217 e. The third-order valence-electron chi connectivity index (χ3n) is 1.42. The van der Waals surface area contributed by atoms with E-state index in [9.17, 15) is 4.79 Å². The van der Waals surface area contributed by atoms with Crippen molar-refractivity contribution in [3.8, 4) is 0 Å². The fourth-order valence-corrected chi connectivity index (χ4v) is 1.06. The number of amides is 1. The maximum atomic E-state index is 10.4. The minimum atomic E-state index is -0.310. The topological polar surface area (TPSA) is 56.0 Å². The lowest BCUT2D eigenvalue weighted by Gasteiger charge is -1.97. The summed E-state index contributed by atoms with van der Waals surface area (Å²) in [6, 6.07) is 1.78. The average molecular weight is 185 g/mol. The molecule has 0 unspecified atom stereocenters.